The second-order valence-corrected chi connectivity index (χ2v) is 10.9. The van der Waals surface area contributed by atoms with Gasteiger partial charge in [-0.25, -0.2) is 13.9 Å². The van der Waals surface area contributed by atoms with E-state index in [4.69, 9.17) is 0 Å². The minimum absolute atomic E-state index is 0.0539. The summed E-state index contributed by atoms with van der Waals surface area (Å²) in [5.41, 5.74) is 2.35. The van der Waals surface area contributed by atoms with Crippen LogP contribution in [0.2, 0.25) is 0 Å². The van der Waals surface area contributed by atoms with Crippen molar-refractivity contribution >= 4 is 23.5 Å². The molecule has 2 saturated heterocycles. The maximum Gasteiger partial charge on any atom is 0.319 e. The van der Waals surface area contributed by atoms with Gasteiger partial charge in [-0.2, -0.15) is 0 Å². The fourth-order valence-corrected chi connectivity index (χ4v) is 5.83. The lowest BCUT2D eigenvalue weighted by Crippen LogP contribution is -2.58. The van der Waals surface area contributed by atoms with Gasteiger partial charge in [0.2, 0.25) is 11.8 Å². The second kappa shape index (κ2) is 12.4. The molecule has 3 atom stereocenters. The highest BCUT2D eigenvalue weighted by Gasteiger charge is 2.39. The molecular formula is C29H35FN8O3. The zero-order chi connectivity index (χ0) is 28.9. The number of amides is 4. The van der Waals surface area contributed by atoms with Crippen molar-refractivity contribution in [2.45, 2.75) is 38.6 Å². The van der Waals surface area contributed by atoms with Crippen LogP contribution in [-0.4, -0.2) is 80.1 Å². The van der Waals surface area contributed by atoms with Crippen LogP contribution >= 0.6 is 0 Å². The molecule has 12 heteroatoms. The molecule has 3 heterocycles. The first kappa shape index (κ1) is 28.2. The van der Waals surface area contributed by atoms with E-state index in [-0.39, 0.29) is 30.1 Å². The Bertz CT molecular complexity index is 1390. The summed E-state index contributed by atoms with van der Waals surface area (Å²) in [6.45, 7) is 3.45. The number of aryl methyl sites for hydroxylation is 1. The number of benzene rings is 2. The van der Waals surface area contributed by atoms with Gasteiger partial charge in [0, 0.05) is 57.4 Å². The average molecular weight is 563 g/mol. The Morgan fingerprint density at radius 1 is 1.02 bits per heavy atom. The van der Waals surface area contributed by atoms with Gasteiger partial charge in [-0.1, -0.05) is 24.3 Å². The SMILES string of the molecule is CC(=O)N1CC[C@@H](NC(=O)Nc2cccc(-c3nnnn3C)c2)[C@H](C(=O)N2CCC[C@@H](Cc3ccc(F)cc3)C2)C1. The number of anilines is 1. The number of urea groups is 1. The summed E-state index contributed by atoms with van der Waals surface area (Å²) in [5.74, 6) is -0.138. The maximum atomic E-state index is 13.9. The lowest BCUT2D eigenvalue weighted by molar-refractivity contribution is -0.142. The number of tetrazole rings is 1. The summed E-state index contributed by atoms with van der Waals surface area (Å²) in [7, 11) is 1.74. The number of rotatable bonds is 6. The maximum absolute atomic E-state index is 13.9. The van der Waals surface area contributed by atoms with E-state index in [1.54, 1.807) is 47.0 Å². The molecule has 3 aromatic rings. The number of hydrogen-bond acceptors (Lipinski definition) is 6. The van der Waals surface area contributed by atoms with E-state index in [0.29, 0.717) is 37.6 Å². The fourth-order valence-electron chi connectivity index (χ4n) is 5.83. The highest BCUT2D eigenvalue weighted by Crippen LogP contribution is 2.26. The Hall–Kier alpha value is -4.35. The van der Waals surface area contributed by atoms with E-state index in [9.17, 15) is 18.8 Å². The zero-order valence-electron chi connectivity index (χ0n) is 23.3. The first-order valence-corrected chi connectivity index (χ1v) is 14.0. The molecule has 0 aliphatic carbocycles. The lowest BCUT2D eigenvalue weighted by atomic mass is 9.87. The van der Waals surface area contributed by atoms with Crippen molar-refractivity contribution in [2.24, 2.45) is 18.9 Å². The van der Waals surface area contributed by atoms with Gasteiger partial charge in [-0.15, -0.1) is 5.10 Å². The molecule has 0 radical (unpaired) electrons. The summed E-state index contributed by atoms with van der Waals surface area (Å²) in [6.07, 6.45) is 3.10. The zero-order valence-corrected chi connectivity index (χ0v) is 23.3. The third kappa shape index (κ3) is 6.87. The molecule has 4 amide bonds. The number of halogens is 1. The van der Waals surface area contributed by atoms with Gasteiger partial charge < -0.3 is 20.4 Å². The molecule has 216 valence electrons. The molecule has 2 N–H and O–H groups in total. The van der Waals surface area contributed by atoms with Gasteiger partial charge in [0.15, 0.2) is 5.82 Å². The molecule has 2 aliphatic rings. The monoisotopic (exact) mass is 562 g/mol. The number of nitrogens with one attached hydrogen (secondary N) is 2. The minimum Gasteiger partial charge on any atom is -0.342 e. The lowest BCUT2D eigenvalue weighted by Gasteiger charge is -2.41. The second-order valence-electron chi connectivity index (χ2n) is 10.9. The number of nitrogens with zero attached hydrogens (tertiary/aromatic N) is 6. The predicted octanol–water partition coefficient (Wildman–Crippen LogP) is 2.86. The Labute approximate surface area is 238 Å². The summed E-state index contributed by atoms with van der Waals surface area (Å²) >= 11 is 0. The van der Waals surface area contributed by atoms with Gasteiger partial charge in [-0.05, 0) is 71.9 Å². The van der Waals surface area contributed by atoms with Crippen LogP contribution in [0.5, 0.6) is 0 Å². The Morgan fingerprint density at radius 2 is 1.83 bits per heavy atom. The Balaban J connectivity index is 1.25. The topological polar surface area (TPSA) is 125 Å². The molecule has 2 aromatic carbocycles. The number of likely N-dealkylation sites (tertiary alicyclic amines) is 2. The first-order chi connectivity index (χ1) is 19.8. The van der Waals surface area contributed by atoms with E-state index in [0.717, 1.165) is 30.4 Å². The molecule has 2 fully saturated rings. The normalized spacial score (nSPS) is 20.9. The largest absolute Gasteiger partial charge is 0.342 e. The summed E-state index contributed by atoms with van der Waals surface area (Å²) in [5, 5.41) is 17.4. The summed E-state index contributed by atoms with van der Waals surface area (Å²) in [6, 6.07) is 12.9. The van der Waals surface area contributed by atoms with Crippen molar-refractivity contribution in [3.63, 3.8) is 0 Å². The van der Waals surface area contributed by atoms with Gasteiger partial charge in [0.05, 0.1) is 5.92 Å². The fraction of sp³-hybridized carbons (Fsp3) is 0.448. The predicted molar refractivity (Wildman–Crippen MR) is 150 cm³/mol. The van der Waals surface area contributed by atoms with E-state index in [1.165, 1.54) is 19.1 Å². The van der Waals surface area contributed by atoms with Crippen LogP contribution in [-0.2, 0) is 23.1 Å². The molecule has 0 saturated carbocycles. The molecule has 41 heavy (non-hydrogen) atoms. The number of carbonyl (C=O) groups is 3. The highest BCUT2D eigenvalue weighted by atomic mass is 19.1. The van der Waals surface area contributed by atoms with Crippen LogP contribution in [0.15, 0.2) is 48.5 Å². The van der Waals surface area contributed by atoms with Gasteiger partial charge in [0.25, 0.3) is 0 Å². The standard InChI is InChI=1S/C29H35FN8O3/c1-19(39)37-14-12-26(32-29(41)31-24-7-3-6-22(16-24)27-33-34-35-36(27)2)25(18-37)28(40)38-13-4-5-21(17-38)15-20-8-10-23(30)11-9-20/h3,6-11,16,21,25-26H,4-5,12-15,17-18H2,1-2H3,(H2,31,32,41)/t21-,25+,26+/m0/s1. The summed E-state index contributed by atoms with van der Waals surface area (Å²) < 4.78 is 14.9. The number of piperidine rings is 2. The molecule has 11 nitrogen and oxygen atoms in total. The first-order valence-electron chi connectivity index (χ1n) is 14.0. The molecule has 0 unspecified atom stereocenters. The number of hydrogen-bond donors (Lipinski definition) is 2. The third-order valence-electron chi connectivity index (χ3n) is 7.96. The van der Waals surface area contributed by atoms with Gasteiger partial charge >= 0.3 is 6.03 Å². The highest BCUT2D eigenvalue weighted by molar-refractivity contribution is 5.91. The minimum atomic E-state index is -0.556. The van der Waals surface area contributed by atoms with E-state index >= 15 is 0 Å². The van der Waals surface area contributed by atoms with Crippen LogP contribution in [0.25, 0.3) is 11.4 Å². The Morgan fingerprint density at radius 3 is 2.56 bits per heavy atom. The van der Waals surface area contributed by atoms with E-state index < -0.39 is 18.0 Å². The van der Waals surface area contributed by atoms with Crippen LogP contribution in [0.3, 0.4) is 0 Å². The molecule has 0 bridgehead atoms. The molecular weight excluding hydrogens is 527 g/mol. The van der Waals surface area contributed by atoms with Crippen molar-refractivity contribution < 1.29 is 18.8 Å². The van der Waals surface area contributed by atoms with Crippen molar-refractivity contribution in [3.05, 3.63) is 59.9 Å². The van der Waals surface area contributed by atoms with Gasteiger partial charge in [0.1, 0.15) is 5.82 Å². The van der Waals surface area contributed by atoms with Crippen molar-refractivity contribution in [1.29, 1.82) is 0 Å². The molecule has 2 aliphatic heterocycles. The Kier molecular flexibility index (Phi) is 8.55. The van der Waals surface area contributed by atoms with Crippen molar-refractivity contribution in [1.82, 2.24) is 35.3 Å². The number of carbonyl (C=O) groups excluding carboxylic acids is 3. The van der Waals surface area contributed by atoms with E-state index in [1.807, 2.05) is 11.0 Å². The van der Waals surface area contributed by atoms with E-state index in [2.05, 4.69) is 26.2 Å². The molecule has 1 aromatic heterocycles. The third-order valence-corrected chi connectivity index (χ3v) is 7.96. The molecule has 0 spiro atoms. The molecule has 5 rings (SSSR count). The number of aromatic nitrogens is 4. The van der Waals surface area contributed by atoms with Gasteiger partial charge in [-0.3, -0.25) is 9.59 Å². The van der Waals surface area contributed by atoms with Crippen LogP contribution in [0.1, 0.15) is 31.7 Å². The quantitative estimate of drug-likeness (QED) is 0.476. The van der Waals surface area contributed by atoms with Crippen molar-refractivity contribution in [2.75, 3.05) is 31.5 Å². The average Bonchev–Trinajstić information content (AvgIpc) is 3.40. The van der Waals surface area contributed by atoms with Crippen LogP contribution in [0, 0.1) is 17.7 Å². The van der Waals surface area contributed by atoms with Crippen LogP contribution in [0.4, 0.5) is 14.9 Å². The van der Waals surface area contributed by atoms with Crippen molar-refractivity contribution in [3.8, 4) is 11.4 Å². The van der Waals surface area contributed by atoms with Crippen LogP contribution < -0.4 is 10.6 Å². The smallest absolute Gasteiger partial charge is 0.319 e. The summed E-state index contributed by atoms with van der Waals surface area (Å²) in [4.78, 5) is 42.7.